The molecule has 0 saturated carbocycles. The Bertz CT molecular complexity index is 979. The van der Waals surface area contributed by atoms with Crippen LogP contribution in [0.3, 0.4) is 0 Å². The molecule has 0 amide bonds. The standard InChI is InChI=1S/C22H21N3O3/c23-21-20(16-1-3-17(4-2-16)22(26)27)13-18(14-24-21)15-5-7-19(8-6-15)25-9-11-28-12-10-25/h1-8,13-14H,9-12H2,(H2,23,24)(H,26,27). The molecule has 2 aromatic carbocycles. The summed E-state index contributed by atoms with van der Waals surface area (Å²) in [4.78, 5) is 17.7. The largest absolute Gasteiger partial charge is 0.478 e. The molecule has 1 aliphatic heterocycles. The second-order valence-corrected chi connectivity index (χ2v) is 6.69. The average Bonchev–Trinajstić information content (AvgIpc) is 2.75. The van der Waals surface area contributed by atoms with Crippen molar-refractivity contribution < 1.29 is 14.6 Å². The summed E-state index contributed by atoms with van der Waals surface area (Å²) in [5, 5.41) is 9.06. The number of ether oxygens (including phenoxy) is 1. The molecule has 28 heavy (non-hydrogen) atoms. The molecule has 142 valence electrons. The number of hydrogen-bond donors (Lipinski definition) is 2. The molecule has 0 atom stereocenters. The smallest absolute Gasteiger partial charge is 0.335 e. The van der Waals surface area contributed by atoms with Crippen molar-refractivity contribution >= 4 is 17.5 Å². The van der Waals surface area contributed by atoms with Crippen LogP contribution < -0.4 is 10.6 Å². The summed E-state index contributed by atoms with van der Waals surface area (Å²) in [6, 6.07) is 17.0. The minimum atomic E-state index is -0.952. The minimum Gasteiger partial charge on any atom is -0.478 e. The molecule has 6 heteroatoms. The number of morpholine rings is 1. The van der Waals surface area contributed by atoms with Crippen molar-refractivity contribution in [1.82, 2.24) is 4.98 Å². The predicted molar refractivity (Wildman–Crippen MR) is 110 cm³/mol. The molecule has 1 aliphatic rings. The summed E-state index contributed by atoms with van der Waals surface area (Å²) < 4.78 is 5.41. The molecular formula is C22H21N3O3. The summed E-state index contributed by atoms with van der Waals surface area (Å²) in [5.74, 6) is -0.538. The summed E-state index contributed by atoms with van der Waals surface area (Å²) in [6.07, 6.45) is 1.76. The molecule has 0 bridgehead atoms. The van der Waals surface area contributed by atoms with Gasteiger partial charge in [0.2, 0.25) is 0 Å². The van der Waals surface area contributed by atoms with Gasteiger partial charge >= 0.3 is 5.97 Å². The number of pyridine rings is 1. The molecule has 1 fully saturated rings. The van der Waals surface area contributed by atoms with E-state index in [0.717, 1.165) is 48.6 Å². The molecular weight excluding hydrogens is 354 g/mol. The number of aromatic nitrogens is 1. The molecule has 2 heterocycles. The Labute approximate surface area is 163 Å². The molecule has 0 spiro atoms. The minimum absolute atomic E-state index is 0.241. The van der Waals surface area contributed by atoms with Crippen molar-refractivity contribution in [2.24, 2.45) is 0 Å². The van der Waals surface area contributed by atoms with Crippen LogP contribution in [-0.2, 0) is 4.74 Å². The van der Waals surface area contributed by atoms with Crippen LogP contribution in [0, 0.1) is 0 Å². The Morgan fingerprint density at radius 1 is 0.964 bits per heavy atom. The van der Waals surface area contributed by atoms with E-state index in [2.05, 4.69) is 34.1 Å². The van der Waals surface area contributed by atoms with E-state index in [4.69, 9.17) is 15.6 Å². The number of benzene rings is 2. The van der Waals surface area contributed by atoms with Crippen molar-refractivity contribution in [1.29, 1.82) is 0 Å². The monoisotopic (exact) mass is 375 g/mol. The number of hydrogen-bond acceptors (Lipinski definition) is 5. The van der Waals surface area contributed by atoms with Crippen molar-refractivity contribution in [3.8, 4) is 22.3 Å². The van der Waals surface area contributed by atoms with Gasteiger partial charge in [-0.1, -0.05) is 24.3 Å². The lowest BCUT2D eigenvalue weighted by Gasteiger charge is -2.28. The van der Waals surface area contributed by atoms with Crippen LogP contribution in [0.15, 0.2) is 60.8 Å². The molecule has 4 rings (SSSR count). The first-order valence-electron chi connectivity index (χ1n) is 9.14. The third-order valence-corrected chi connectivity index (χ3v) is 4.94. The maximum atomic E-state index is 11.0. The molecule has 1 saturated heterocycles. The van der Waals surface area contributed by atoms with Gasteiger partial charge in [-0.05, 0) is 41.5 Å². The van der Waals surface area contributed by atoms with E-state index in [0.29, 0.717) is 5.82 Å². The van der Waals surface area contributed by atoms with Crippen molar-refractivity contribution in [3.05, 3.63) is 66.4 Å². The van der Waals surface area contributed by atoms with Crippen LogP contribution in [0.4, 0.5) is 11.5 Å². The van der Waals surface area contributed by atoms with Crippen LogP contribution >= 0.6 is 0 Å². The van der Waals surface area contributed by atoms with Gasteiger partial charge in [0.1, 0.15) is 5.82 Å². The summed E-state index contributed by atoms with van der Waals surface area (Å²) in [5.41, 5.74) is 11.1. The van der Waals surface area contributed by atoms with Gasteiger partial charge in [0.25, 0.3) is 0 Å². The summed E-state index contributed by atoms with van der Waals surface area (Å²) in [6.45, 7) is 3.32. The third-order valence-electron chi connectivity index (χ3n) is 4.94. The lowest BCUT2D eigenvalue weighted by Crippen LogP contribution is -2.36. The first-order chi connectivity index (χ1) is 13.6. The average molecular weight is 375 g/mol. The highest BCUT2D eigenvalue weighted by molar-refractivity contribution is 5.89. The fourth-order valence-electron chi connectivity index (χ4n) is 3.34. The highest BCUT2D eigenvalue weighted by Gasteiger charge is 2.12. The number of anilines is 2. The lowest BCUT2D eigenvalue weighted by atomic mass is 10.00. The summed E-state index contributed by atoms with van der Waals surface area (Å²) in [7, 11) is 0. The number of nitrogens with two attached hydrogens (primary N) is 1. The molecule has 3 N–H and O–H groups in total. The molecule has 1 aromatic heterocycles. The van der Waals surface area contributed by atoms with Crippen LogP contribution in [-0.4, -0.2) is 42.4 Å². The maximum absolute atomic E-state index is 11.0. The van der Waals surface area contributed by atoms with Crippen LogP contribution in [0.1, 0.15) is 10.4 Å². The van der Waals surface area contributed by atoms with Crippen LogP contribution in [0.25, 0.3) is 22.3 Å². The van der Waals surface area contributed by atoms with Gasteiger partial charge in [-0.15, -0.1) is 0 Å². The van der Waals surface area contributed by atoms with Gasteiger partial charge < -0.3 is 20.5 Å². The highest BCUT2D eigenvalue weighted by Crippen LogP contribution is 2.30. The number of nitrogens with zero attached hydrogens (tertiary/aromatic N) is 2. The number of carboxylic acids is 1. The molecule has 3 aromatic rings. The normalized spacial score (nSPS) is 14.1. The zero-order valence-electron chi connectivity index (χ0n) is 15.3. The highest BCUT2D eigenvalue weighted by atomic mass is 16.5. The lowest BCUT2D eigenvalue weighted by molar-refractivity contribution is 0.0697. The van der Waals surface area contributed by atoms with E-state index in [1.54, 1.807) is 30.5 Å². The van der Waals surface area contributed by atoms with Gasteiger partial charge in [-0.2, -0.15) is 0 Å². The number of carboxylic acid groups (broad SMARTS) is 1. The fourth-order valence-corrected chi connectivity index (χ4v) is 3.34. The number of nitrogen functional groups attached to an aromatic ring is 1. The van der Waals surface area contributed by atoms with Gasteiger partial charge in [-0.25, -0.2) is 9.78 Å². The Hall–Kier alpha value is -3.38. The Morgan fingerprint density at radius 2 is 1.61 bits per heavy atom. The van der Waals surface area contributed by atoms with Crippen LogP contribution in [0.2, 0.25) is 0 Å². The Morgan fingerprint density at radius 3 is 2.25 bits per heavy atom. The van der Waals surface area contributed by atoms with Crippen molar-refractivity contribution in [2.75, 3.05) is 36.9 Å². The number of rotatable bonds is 4. The van der Waals surface area contributed by atoms with E-state index in [-0.39, 0.29) is 5.56 Å². The zero-order valence-corrected chi connectivity index (χ0v) is 15.3. The predicted octanol–water partition coefficient (Wildman–Crippen LogP) is 3.53. The first kappa shape index (κ1) is 18.0. The second-order valence-electron chi connectivity index (χ2n) is 6.69. The van der Waals surface area contributed by atoms with E-state index >= 15 is 0 Å². The number of aromatic carboxylic acids is 1. The molecule has 0 radical (unpaired) electrons. The fraction of sp³-hybridized carbons (Fsp3) is 0.182. The SMILES string of the molecule is Nc1ncc(-c2ccc(N3CCOCC3)cc2)cc1-c1ccc(C(=O)O)cc1. The molecule has 0 aliphatic carbocycles. The van der Waals surface area contributed by atoms with E-state index < -0.39 is 5.97 Å². The van der Waals surface area contributed by atoms with Crippen molar-refractivity contribution in [3.63, 3.8) is 0 Å². The second kappa shape index (κ2) is 7.70. The van der Waals surface area contributed by atoms with E-state index in [1.165, 1.54) is 5.69 Å². The van der Waals surface area contributed by atoms with E-state index in [1.807, 2.05) is 6.07 Å². The summed E-state index contributed by atoms with van der Waals surface area (Å²) >= 11 is 0. The quantitative estimate of drug-likeness (QED) is 0.725. The number of carbonyl (C=O) groups is 1. The topological polar surface area (TPSA) is 88.7 Å². The van der Waals surface area contributed by atoms with Gasteiger partial charge in [0.05, 0.1) is 18.8 Å². The third kappa shape index (κ3) is 3.68. The first-order valence-corrected chi connectivity index (χ1v) is 9.14. The Kier molecular flexibility index (Phi) is 4.95. The Balaban J connectivity index is 1.62. The van der Waals surface area contributed by atoms with Gasteiger partial charge in [0.15, 0.2) is 0 Å². The zero-order chi connectivity index (χ0) is 19.5. The van der Waals surface area contributed by atoms with Crippen LogP contribution in [0.5, 0.6) is 0 Å². The van der Waals surface area contributed by atoms with Crippen molar-refractivity contribution in [2.45, 2.75) is 0 Å². The maximum Gasteiger partial charge on any atom is 0.335 e. The van der Waals surface area contributed by atoms with E-state index in [9.17, 15) is 4.79 Å². The molecule has 6 nitrogen and oxygen atoms in total. The molecule has 0 unspecified atom stereocenters. The van der Waals surface area contributed by atoms with Gasteiger partial charge in [-0.3, -0.25) is 0 Å². The van der Waals surface area contributed by atoms with Gasteiger partial charge in [0, 0.05) is 36.1 Å².